The van der Waals surface area contributed by atoms with E-state index in [0.717, 1.165) is 0 Å². The van der Waals surface area contributed by atoms with Gasteiger partial charge in [0.05, 0.1) is 0 Å². The molecule has 0 unspecified atom stereocenters. The molecule has 0 fully saturated rings. The zero-order valence-electron chi connectivity index (χ0n) is 4.14. The summed E-state index contributed by atoms with van der Waals surface area (Å²) in [6.45, 7) is -1.06. The van der Waals surface area contributed by atoms with Crippen LogP contribution in [0.4, 0.5) is 0 Å². The Bertz CT molecular complexity index is 194. The Kier molecular flexibility index (Phi) is 7.49. The molecule has 0 aromatic rings. The molecule has 0 amide bonds. The fraction of sp³-hybridized carbons (Fsp3) is 0.500. The summed E-state index contributed by atoms with van der Waals surface area (Å²) >= 11 is 0. The Balaban J connectivity index is 0. The van der Waals surface area contributed by atoms with Crippen LogP contribution in [-0.4, -0.2) is 79.5 Å². The molecule has 10 heavy (non-hydrogen) atoms. The molecule has 0 saturated carbocycles. The van der Waals surface area contributed by atoms with E-state index in [0.29, 0.717) is 0 Å². The van der Waals surface area contributed by atoms with Crippen LogP contribution in [0.15, 0.2) is 0 Å². The molecular weight excluding hydrogens is 289 g/mol. The van der Waals surface area contributed by atoms with Crippen molar-refractivity contribution in [1.82, 2.24) is 0 Å². The summed E-state index contributed by atoms with van der Waals surface area (Å²) in [6.07, 6.45) is 0. The third-order valence-corrected chi connectivity index (χ3v) is 0.747. The average molecular weight is 295 g/mol. The van der Waals surface area contributed by atoms with Crippen LogP contribution in [0.1, 0.15) is 0 Å². The molecule has 58 valence electrons. The van der Waals surface area contributed by atoms with Crippen LogP contribution in [0.3, 0.4) is 0 Å². The maximum absolute atomic E-state index is 9.61. The summed E-state index contributed by atoms with van der Waals surface area (Å²) < 4.78 is 30.4. The summed E-state index contributed by atoms with van der Waals surface area (Å²) in [6, 6.07) is 0. The number of carboxylic acids is 1. The minimum absolute atomic E-state index is 0. The van der Waals surface area contributed by atoms with Crippen molar-refractivity contribution in [2.75, 3.05) is 6.61 Å². The summed E-state index contributed by atoms with van der Waals surface area (Å²) in [5, 5.41) is 7.78. The van der Waals surface area contributed by atoms with Gasteiger partial charge in [0.2, 0.25) is 0 Å². The molecule has 0 aromatic heterocycles. The third kappa shape index (κ3) is 11.7. The van der Waals surface area contributed by atoms with E-state index in [1.54, 1.807) is 0 Å². The Morgan fingerprint density at radius 3 is 2.00 bits per heavy atom. The van der Waals surface area contributed by atoms with Gasteiger partial charge in [-0.05, 0) is 0 Å². The maximum atomic E-state index is 9.61. The number of carbonyl (C=O) groups is 1. The summed E-state index contributed by atoms with van der Waals surface area (Å²) in [7, 11) is -4.60. The number of aliphatic carboxylic acids is 1. The van der Waals surface area contributed by atoms with Gasteiger partial charge in [-0.15, -0.1) is 0 Å². The van der Waals surface area contributed by atoms with Crippen molar-refractivity contribution in [1.29, 1.82) is 0 Å². The van der Waals surface area contributed by atoms with Crippen molar-refractivity contribution in [3.8, 4) is 0 Å². The van der Waals surface area contributed by atoms with Gasteiger partial charge in [-0.2, -0.15) is 8.42 Å². The first-order valence-electron chi connectivity index (χ1n) is 1.75. The monoisotopic (exact) mass is 296 g/mol. The van der Waals surface area contributed by atoms with Gasteiger partial charge in [0.25, 0.3) is 0 Å². The minimum atomic E-state index is -4.60. The van der Waals surface area contributed by atoms with Crippen molar-refractivity contribution in [3.63, 3.8) is 0 Å². The summed E-state index contributed by atoms with van der Waals surface area (Å²) in [5.74, 6) is -1.47. The van der Waals surface area contributed by atoms with E-state index in [-0.39, 0.29) is 48.9 Å². The molecule has 0 radical (unpaired) electrons. The second-order valence-corrected chi connectivity index (χ2v) is 2.17. The Morgan fingerprint density at radius 1 is 1.50 bits per heavy atom. The fourth-order valence-corrected chi connectivity index (χ4v) is 0.375. The van der Waals surface area contributed by atoms with Crippen LogP contribution in [0.2, 0.25) is 0 Å². The topological polar surface area (TPSA) is 101 Å². The third-order valence-electron chi connectivity index (χ3n) is 0.331. The Morgan fingerprint density at radius 2 is 1.90 bits per heavy atom. The van der Waals surface area contributed by atoms with E-state index in [2.05, 4.69) is 4.18 Å². The SMILES string of the molecule is O=C(O)COS(=O)(=O)O.[BaH2]. The quantitative estimate of drug-likeness (QED) is 0.460. The molecule has 0 aliphatic rings. The molecule has 0 spiro atoms. The molecule has 0 saturated heterocycles. The van der Waals surface area contributed by atoms with Gasteiger partial charge in [0.1, 0.15) is 0 Å². The predicted molar refractivity (Wildman–Crippen MR) is 33.7 cm³/mol. The molecule has 0 heterocycles. The van der Waals surface area contributed by atoms with Gasteiger partial charge >= 0.3 is 65.2 Å². The van der Waals surface area contributed by atoms with Gasteiger partial charge in [-0.3, -0.25) is 4.55 Å². The van der Waals surface area contributed by atoms with Crippen LogP contribution >= 0.6 is 0 Å². The normalized spacial score (nSPS) is 10.1. The molecule has 8 heteroatoms. The molecule has 0 atom stereocenters. The number of carboxylic acid groups (broad SMARTS) is 1. The molecular formula is C2H6BaO6S. The van der Waals surface area contributed by atoms with Gasteiger partial charge in [-0.25, -0.2) is 8.98 Å². The summed E-state index contributed by atoms with van der Waals surface area (Å²) in [4.78, 5) is 9.55. The van der Waals surface area contributed by atoms with E-state index >= 15 is 0 Å². The van der Waals surface area contributed by atoms with Crippen LogP contribution in [-0.2, 0) is 19.4 Å². The van der Waals surface area contributed by atoms with E-state index < -0.39 is 23.0 Å². The first-order valence-corrected chi connectivity index (χ1v) is 3.12. The molecule has 6 nitrogen and oxygen atoms in total. The molecule has 0 rings (SSSR count). The van der Waals surface area contributed by atoms with Crippen LogP contribution in [0.25, 0.3) is 0 Å². The van der Waals surface area contributed by atoms with E-state index in [1.165, 1.54) is 0 Å². The molecule has 0 aromatic carbocycles. The Hall–Kier alpha value is 0.911. The number of rotatable bonds is 3. The molecule has 2 N–H and O–H groups in total. The fourth-order valence-electron chi connectivity index (χ4n) is 0.125. The first-order chi connectivity index (χ1) is 3.92. The van der Waals surface area contributed by atoms with Gasteiger partial charge in [0.15, 0.2) is 6.61 Å². The van der Waals surface area contributed by atoms with Crippen molar-refractivity contribution in [2.45, 2.75) is 0 Å². The van der Waals surface area contributed by atoms with Crippen molar-refractivity contribution < 1.29 is 27.1 Å². The van der Waals surface area contributed by atoms with Crippen LogP contribution in [0.5, 0.6) is 0 Å². The zero-order chi connectivity index (χ0) is 7.49. The average Bonchev–Trinajstić information content (AvgIpc) is 1.59. The van der Waals surface area contributed by atoms with Crippen molar-refractivity contribution in [2.24, 2.45) is 0 Å². The van der Waals surface area contributed by atoms with E-state index in [9.17, 15) is 13.2 Å². The molecule has 0 bridgehead atoms. The first kappa shape index (κ1) is 13.5. The Labute approximate surface area is 97.6 Å². The second-order valence-electron chi connectivity index (χ2n) is 1.08. The van der Waals surface area contributed by atoms with Crippen LogP contribution < -0.4 is 0 Å². The number of hydrogen-bond acceptors (Lipinski definition) is 4. The second kappa shape index (κ2) is 5.55. The van der Waals surface area contributed by atoms with Gasteiger partial charge in [-0.1, -0.05) is 0 Å². The van der Waals surface area contributed by atoms with Crippen molar-refractivity contribution in [3.05, 3.63) is 0 Å². The predicted octanol–water partition coefficient (Wildman–Crippen LogP) is -2.03. The van der Waals surface area contributed by atoms with Crippen molar-refractivity contribution >= 4 is 65.2 Å². The molecule has 0 aliphatic heterocycles. The van der Waals surface area contributed by atoms with E-state index in [4.69, 9.17) is 9.66 Å². The van der Waals surface area contributed by atoms with Gasteiger partial charge in [0, 0.05) is 0 Å². The van der Waals surface area contributed by atoms with E-state index in [1.807, 2.05) is 0 Å². The zero-order valence-corrected chi connectivity index (χ0v) is 4.96. The van der Waals surface area contributed by atoms with Gasteiger partial charge < -0.3 is 5.11 Å². The van der Waals surface area contributed by atoms with Crippen LogP contribution in [0, 0.1) is 0 Å². The standard InChI is InChI=1S/C2H4O6S.Ba.2H/c3-2(4)1-8-9(5,6)7;;;/h1H2,(H,3,4)(H,5,6,7);;;. The molecule has 0 aliphatic carbocycles. The number of hydrogen-bond donors (Lipinski definition) is 2. The summed E-state index contributed by atoms with van der Waals surface area (Å²) in [5.41, 5.74) is 0.